The molecule has 0 saturated carbocycles. The van der Waals surface area contributed by atoms with Crippen LogP contribution in [0.1, 0.15) is 13.8 Å². The molecule has 2 nitrogen and oxygen atoms in total. The van der Waals surface area contributed by atoms with Gasteiger partial charge in [0.05, 0.1) is 18.1 Å². The first kappa shape index (κ1) is 12.1. The van der Waals surface area contributed by atoms with Crippen LogP contribution in [0, 0.1) is 0 Å². The van der Waals surface area contributed by atoms with E-state index in [1.807, 2.05) is 0 Å². The highest BCUT2D eigenvalue weighted by molar-refractivity contribution is 8.17. The Labute approximate surface area is 90.7 Å². The van der Waals surface area contributed by atoms with E-state index in [2.05, 4.69) is 37.7 Å². The summed E-state index contributed by atoms with van der Waals surface area (Å²) in [6, 6.07) is 0. The lowest BCUT2D eigenvalue weighted by molar-refractivity contribution is -0.0178. The van der Waals surface area contributed by atoms with Crippen LogP contribution in [-0.2, 0) is 4.74 Å². The number of hydrogen-bond donors (Lipinski definition) is 1. The molecule has 0 bridgehead atoms. The van der Waals surface area contributed by atoms with Gasteiger partial charge < -0.3 is 4.74 Å². The van der Waals surface area contributed by atoms with Crippen LogP contribution in [0.15, 0.2) is 12.7 Å². The third-order valence-electron chi connectivity index (χ3n) is 2.81. The van der Waals surface area contributed by atoms with Gasteiger partial charge >= 0.3 is 0 Å². The van der Waals surface area contributed by atoms with Gasteiger partial charge in [-0.1, -0.05) is 13.0 Å². The van der Waals surface area contributed by atoms with Gasteiger partial charge in [-0.2, -0.15) is 0 Å². The summed E-state index contributed by atoms with van der Waals surface area (Å²) < 4.78 is 5.55. The van der Waals surface area contributed by atoms with E-state index in [1.54, 1.807) is 0 Å². The van der Waals surface area contributed by atoms with Crippen molar-refractivity contribution < 1.29 is 4.74 Å². The van der Waals surface area contributed by atoms with Crippen molar-refractivity contribution in [2.45, 2.75) is 25.3 Å². The van der Waals surface area contributed by atoms with Gasteiger partial charge in [0.15, 0.2) is 0 Å². The zero-order valence-electron chi connectivity index (χ0n) is 9.57. The number of ether oxygens (including phenoxy) is 1. The minimum atomic E-state index is 0.0685. The van der Waals surface area contributed by atoms with E-state index in [0.29, 0.717) is 11.5 Å². The summed E-state index contributed by atoms with van der Waals surface area (Å²) in [6.07, 6.45) is 4.86. The number of nitrogens with zero attached hydrogens (tertiary/aromatic N) is 1. The van der Waals surface area contributed by atoms with Gasteiger partial charge in [-0.05, 0) is 18.9 Å². The molecule has 14 heavy (non-hydrogen) atoms. The van der Waals surface area contributed by atoms with Crippen molar-refractivity contribution in [3.05, 3.63) is 12.7 Å². The number of morpholine rings is 1. The quantitative estimate of drug-likeness (QED) is 0.570. The van der Waals surface area contributed by atoms with Crippen molar-refractivity contribution in [1.29, 1.82) is 0 Å². The SMILES string of the molecule is C=C[C@@H](N1CCO[C@H](C)C1)[SH](C)CC. The Morgan fingerprint density at radius 2 is 2.43 bits per heavy atom. The minimum Gasteiger partial charge on any atom is -0.376 e. The summed E-state index contributed by atoms with van der Waals surface area (Å²) in [7, 11) is 0.0685. The van der Waals surface area contributed by atoms with Crippen molar-refractivity contribution in [3.63, 3.8) is 0 Å². The summed E-state index contributed by atoms with van der Waals surface area (Å²) in [5.41, 5.74) is 0. The molecule has 84 valence electrons. The lowest BCUT2D eigenvalue weighted by Gasteiger charge is -2.39. The van der Waals surface area contributed by atoms with Gasteiger partial charge in [-0.3, -0.25) is 4.90 Å². The van der Waals surface area contributed by atoms with Crippen molar-refractivity contribution >= 4 is 10.9 Å². The molecular formula is C11H23NOS. The van der Waals surface area contributed by atoms with E-state index in [-0.39, 0.29) is 10.9 Å². The summed E-state index contributed by atoms with van der Waals surface area (Å²) in [6.45, 7) is 11.4. The van der Waals surface area contributed by atoms with Crippen LogP contribution in [0.3, 0.4) is 0 Å². The highest BCUT2D eigenvalue weighted by Crippen LogP contribution is 2.31. The summed E-state index contributed by atoms with van der Waals surface area (Å²) in [5.74, 6) is 1.28. The fourth-order valence-electron chi connectivity index (χ4n) is 1.88. The largest absolute Gasteiger partial charge is 0.376 e. The molecule has 0 spiro atoms. The average molecular weight is 217 g/mol. The van der Waals surface area contributed by atoms with E-state index < -0.39 is 0 Å². The Balaban J connectivity index is 2.54. The lowest BCUT2D eigenvalue weighted by Crippen LogP contribution is -2.46. The molecule has 3 heteroatoms. The molecule has 1 fully saturated rings. The van der Waals surface area contributed by atoms with Crippen molar-refractivity contribution in [2.24, 2.45) is 0 Å². The number of hydrogen-bond acceptors (Lipinski definition) is 2. The van der Waals surface area contributed by atoms with E-state index in [9.17, 15) is 0 Å². The van der Waals surface area contributed by atoms with Crippen molar-refractivity contribution in [2.75, 3.05) is 31.7 Å². The summed E-state index contributed by atoms with van der Waals surface area (Å²) >= 11 is 0. The maximum atomic E-state index is 5.55. The number of rotatable bonds is 4. The first-order valence-corrected chi connectivity index (χ1v) is 7.41. The molecule has 0 aromatic rings. The van der Waals surface area contributed by atoms with Gasteiger partial charge in [0.1, 0.15) is 0 Å². The second-order valence-electron chi connectivity index (χ2n) is 3.90. The Morgan fingerprint density at radius 1 is 1.71 bits per heavy atom. The van der Waals surface area contributed by atoms with Crippen LogP contribution >= 0.6 is 10.9 Å². The molecule has 0 amide bonds. The maximum absolute atomic E-state index is 5.55. The fraction of sp³-hybridized carbons (Fsp3) is 0.818. The van der Waals surface area contributed by atoms with E-state index in [4.69, 9.17) is 4.74 Å². The standard InChI is InChI=1S/C11H23NOS/c1-5-11(14(4)6-2)12-7-8-13-10(3)9-12/h5,10-11,14H,1,6-9H2,2-4H3/t10-,11+/m1/s1. The van der Waals surface area contributed by atoms with Crippen LogP contribution < -0.4 is 0 Å². The summed E-state index contributed by atoms with van der Waals surface area (Å²) in [4.78, 5) is 2.52. The van der Waals surface area contributed by atoms with Gasteiger partial charge in [0.25, 0.3) is 0 Å². The Kier molecular flexibility index (Phi) is 4.99. The number of thiol groups is 1. The van der Waals surface area contributed by atoms with Crippen LogP contribution in [0.4, 0.5) is 0 Å². The fourth-order valence-corrected chi connectivity index (χ4v) is 3.38. The molecule has 3 atom stereocenters. The molecule has 1 aliphatic heterocycles. The molecule has 1 rings (SSSR count). The molecule has 0 radical (unpaired) electrons. The third kappa shape index (κ3) is 3.01. The molecule has 1 saturated heterocycles. The van der Waals surface area contributed by atoms with E-state index in [0.717, 1.165) is 19.7 Å². The molecule has 0 N–H and O–H groups in total. The minimum absolute atomic E-state index is 0.0685. The Bertz CT molecular complexity index is 186. The third-order valence-corrected chi connectivity index (χ3v) is 5.25. The predicted octanol–water partition coefficient (Wildman–Crippen LogP) is 1.87. The van der Waals surface area contributed by atoms with Crippen molar-refractivity contribution in [1.82, 2.24) is 4.90 Å². The van der Waals surface area contributed by atoms with E-state index in [1.165, 1.54) is 5.75 Å². The molecular weight excluding hydrogens is 194 g/mol. The molecule has 1 heterocycles. The second kappa shape index (κ2) is 5.79. The van der Waals surface area contributed by atoms with Crippen LogP contribution in [0.5, 0.6) is 0 Å². The summed E-state index contributed by atoms with van der Waals surface area (Å²) in [5, 5.41) is 0.585. The van der Waals surface area contributed by atoms with Gasteiger partial charge in [-0.15, -0.1) is 6.58 Å². The normalized spacial score (nSPS) is 29.6. The Hall–Kier alpha value is 0.0100. The van der Waals surface area contributed by atoms with Gasteiger partial charge in [0, 0.05) is 13.1 Å². The van der Waals surface area contributed by atoms with Crippen molar-refractivity contribution in [3.8, 4) is 0 Å². The average Bonchev–Trinajstić information content (AvgIpc) is 2.19. The molecule has 0 aliphatic carbocycles. The van der Waals surface area contributed by atoms with E-state index >= 15 is 0 Å². The van der Waals surface area contributed by atoms with Gasteiger partial charge in [-0.25, -0.2) is 10.9 Å². The maximum Gasteiger partial charge on any atom is 0.0675 e. The Morgan fingerprint density at radius 3 is 2.93 bits per heavy atom. The first-order valence-electron chi connectivity index (χ1n) is 5.37. The monoisotopic (exact) mass is 217 g/mol. The molecule has 0 aromatic heterocycles. The van der Waals surface area contributed by atoms with Crippen LogP contribution in [0.25, 0.3) is 0 Å². The van der Waals surface area contributed by atoms with Gasteiger partial charge in [0.2, 0.25) is 0 Å². The smallest absolute Gasteiger partial charge is 0.0675 e. The molecule has 0 aromatic carbocycles. The van der Waals surface area contributed by atoms with Crippen LogP contribution in [0.2, 0.25) is 0 Å². The first-order chi connectivity index (χ1) is 6.69. The predicted molar refractivity (Wildman–Crippen MR) is 66.4 cm³/mol. The zero-order chi connectivity index (χ0) is 10.6. The lowest BCUT2D eigenvalue weighted by atomic mass is 10.3. The highest BCUT2D eigenvalue weighted by Gasteiger charge is 2.23. The highest BCUT2D eigenvalue weighted by atomic mass is 32.2. The van der Waals surface area contributed by atoms with Crippen LogP contribution in [-0.4, -0.2) is 48.1 Å². The molecule has 1 unspecified atom stereocenters. The zero-order valence-corrected chi connectivity index (χ0v) is 10.5. The topological polar surface area (TPSA) is 12.5 Å². The molecule has 1 aliphatic rings. The second-order valence-corrected chi connectivity index (χ2v) is 6.57.